The Balaban J connectivity index is 2.09. The summed E-state index contributed by atoms with van der Waals surface area (Å²) in [7, 11) is -1.30. The first-order valence-corrected chi connectivity index (χ1v) is 8.92. The molecule has 0 bridgehead atoms. The van der Waals surface area contributed by atoms with Crippen LogP contribution in [0.2, 0.25) is 0 Å². The molecule has 0 radical (unpaired) electrons. The fraction of sp³-hybridized carbons (Fsp3) is 0.600. The number of hydrogen-bond acceptors (Lipinski definition) is 3. The summed E-state index contributed by atoms with van der Waals surface area (Å²) in [6, 6.07) is 9.60. The highest BCUT2D eigenvalue weighted by Gasteiger charge is 2.31. The normalized spacial score (nSPS) is 20.9. The maximum Gasteiger partial charge on any atom is 0.218 e. The zero-order valence-electron chi connectivity index (χ0n) is 12.1. The number of piperidine rings is 1. The van der Waals surface area contributed by atoms with E-state index in [1.807, 2.05) is 37.4 Å². The van der Waals surface area contributed by atoms with Gasteiger partial charge in [0.05, 0.1) is 5.75 Å². The summed E-state index contributed by atoms with van der Waals surface area (Å²) >= 11 is 0. The van der Waals surface area contributed by atoms with Gasteiger partial charge in [-0.05, 0) is 38.4 Å². The third kappa shape index (κ3) is 4.04. The number of sulfonamides is 1. The van der Waals surface area contributed by atoms with Crippen LogP contribution in [0.1, 0.15) is 31.2 Å². The topological polar surface area (TPSA) is 49.4 Å². The molecule has 1 atom stereocenters. The van der Waals surface area contributed by atoms with Crippen molar-refractivity contribution in [3.8, 4) is 0 Å². The molecule has 0 amide bonds. The van der Waals surface area contributed by atoms with E-state index < -0.39 is 10.0 Å². The van der Waals surface area contributed by atoms with Gasteiger partial charge < -0.3 is 5.32 Å². The SMILES string of the molecule is CNCCC1CCCCN1S(=O)(=O)Cc1ccccc1. The van der Waals surface area contributed by atoms with Gasteiger partial charge in [-0.15, -0.1) is 0 Å². The van der Waals surface area contributed by atoms with Crippen LogP contribution in [0.4, 0.5) is 0 Å². The Kier molecular flexibility index (Phi) is 5.57. The first-order valence-electron chi connectivity index (χ1n) is 7.31. The summed E-state index contributed by atoms with van der Waals surface area (Å²) in [6.45, 7) is 1.53. The van der Waals surface area contributed by atoms with E-state index in [0.29, 0.717) is 6.54 Å². The lowest BCUT2D eigenvalue weighted by Crippen LogP contribution is -2.45. The lowest BCUT2D eigenvalue weighted by molar-refractivity contribution is 0.240. The summed E-state index contributed by atoms with van der Waals surface area (Å²) < 4.78 is 27.0. The Labute approximate surface area is 122 Å². The van der Waals surface area contributed by atoms with E-state index in [0.717, 1.165) is 37.8 Å². The van der Waals surface area contributed by atoms with Gasteiger partial charge in [0.2, 0.25) is 10.0 Å². The minimum Gasteiger partial charge on any atom is -0.320 e. The van der Waals surface area contributed by atoms with E-state index in [4.69, 9.17) is 0 Å². The fourth-order valence-electron chi connectivity index (χ4n) is 2.81. The Bertz CT molecular complexity index is 502. The van der Waals surface area contributed by atoms with Crippen LogP contribution >= 0.6 is 0 Å². The highest BCUT2D eigenvalue weighted by Crippen LogP contribution is 2.24. The first-order chi connectivity index (χ1) is 9.63. The van der Waals surface area contributed by atoms with Gasteiger partial charge in [-0.1, -0.05) is 36.8 Å². The van der Waals surface area contributed by atoms with E-state index >= 15 is 0 Å². The zero-order chi connectivity index (χ0) is 14.4. The van der Waals surface area contributed by atoms with Crippen molar-refractivity contribution in [1.29, 1.82) is 0 Å². The lowest BCUT2D eigenvalue weighted by atomic mass is 10.0. The molecule has 5 heteroatoms. The monoisotopic (exact) mass is 296 g/mol. The van der Waals surface area contributed by atoms with Gasteiger partial charge in [0.1, 0.15) is 0 Å². The van der Waals surface area contributed by atoms with Crippen molar-refractivity contribution in [3.63, 3.8) is 0 Å². The highest BCUT2D eigenvalue weighted by molar-refractivity contribution is 7.88. The van der Waals surface area contributed by atoms with Gasteiger partial charge in [-0.25, -0.2) is 8.42 Å². The van der Waals surface area contributed by atoms with Crippen molar-refractivity contribution < 1.29 is 8.42 Å². The molecular formula is C15H24N2O2S. The summed E-state index contributed by atoms with van der Waals surface area (Å²) in [5.74, 6) is 0.115. The van der Waals surface area contributed by atoms with Crippen LogP contribution in [0.15, 0.2) is 30.3 Å². The number of nitrogens with zero attached hydrogens (tertiary/aromatic N) is 1. The highest BCUT2D eigenvalue weighted by atomic mass is 32.2. The number of rotatable bonds is 6. The Morgan fingerprint density at radius 3 is 2.70 bits per heavy atom. The molecule has 1 aromatic carbocycles. The molecule has 1 N–H and O–H groups in total. The van der Waals surface area contributed by atoms with Crippen LogP contribution in [0.3, 0.4) is 0 Å². The average molecular weight is 296 g/mol. The van der Waals surface area contributed by atoms with Gasteiger partial charge in [-0.3, -0.25) is 0 Å². The summed E-state index contributed by atoms with van der Waals surface area (Å²) in [4.78, 5) is 0. The van der Waals surface area contributed by atoms with E-state index in [-0.39, 0.29) is 11.8 Å². The van der Waals surface area contributed by atoms with Gasteiger partial charge in [0.25, 0.3) is 0 Å². The average Bonchev–Trinajstić information content (AvgIpc) is 2.46. The minimum absolute atomic E-state index is 0.115. The molecule has 1 aromatic rings. The van der Waals surface area contributed by atoms with Crippen molar-refractivity contribution >= 4 is 10.0 Å². The van der Waals surface area contributed by atoms with Gasteiger partial charge in [0.15, 0.2) is 0 Å². The van der Waals surface area contributed by atoms with Crippen molar-refractivity contribution in [2.24, 2.45) is 0 Å². The molecule has 1 aliphatic rings. The van der Waals surface area contributed by atoms with Crippen LogP contribution in [0, 0.1) is 0 Å². The molecule has 0 aromatic heterocycles. The second kappa shape index (κ2) is 7.20. The van der Waals surface area contributed by atoms with Gasteiger partial charge in [-0.2, -0.15) is 4.31 Å². The summed E-state index contributed by atoms with van der Waals surface area (Å²) in [5.41, 5.74) is 0.866. The molecule has 2 rings (SSSR count). The molecule has 0 spiro atoms. The van der Waals surface area contributed by atoms with Crippen molar-refractivity contribution in [2.45, 2.75) is 37.5 Å². The zero-order valence-corrected chi connectivity index (χ0v) is 12.9. The molecule has 1 saturated heterocycles. The molecule has 20 heavy (non-hydrogen) atoms. The number of nitrogens with one attached hydrogen (secondary N) is 1. The predicted molar refractivity (Wildman–Crippen MR) is 82.0 cm³/mol. The first kappa shape index (κ1) is 15.5. The van der Waals surface area contributed by atoms with Crippen molar-refractivity contribution in [2.75, 3.05) is 20.1 Å². The predicted octanol–water partition coefficient (Wildman–Crippen LogP) is 1.98. The van der Waals surface area contributed by atoms with Crippen LogP contribution in [-0.4, -0.2) is 38.9 Å². The van der Waals surface area contributed by atoms with Crippen LogP contribution in [0.5, 0.6) is 0 Å². The van der Waals surface area contributed by atoms with Crippen LogP contribution < -0.4 is 5.32 Å². The van der Waals surface area contributed by atoms with Gasteiger partial charge in [0, 0.05) is 12.6 Å². The lowest BCUT2D eigenvalue weighted by Gasteiger charge is -2.34. The smallest absolute Gasteiger partial charge is 0.218 e. The standard InChI is InChI=1S/C15H24N2O2S/c1-16-11-10-15-9-5-6-12-17(15)20(18,19)13-14-7-3-2-4-8-14/h2-4,7-8,15-16H,5-6,9-13H2,1H3. The molecule has 0 saturated carbocycles. The molecule has 1 heterocycles. The van der Waals surface area contributed by atoms with E-state index in [1.54, 1.807) is 4.31 Å². The third-order valence-corrected chi connectivity index (χ3v) is 5.74. The van der Waals surface area contributed by atoms with Crippen molar-refractivity contribution in [1.82, 2.24) is 9.62 Å². The molecule has 1 unspecified atom stereocenters. The summed E-state index contributed by atoms with van der Waals surface area (Å²) in [5, 5.41) is 3.12. The van der Waals surface area contributed by atoms with Gasteiger partial charge >= 0.3 is 0 Å². The van der Waals surface area contributed by atoms with Crippen LogP contribution in [-0.2, 0) is 15.8 Å². The van der Waals surface area contributed by atoms with E-state index in [2.05, 4.69) is 5.32 Å². The number of benzene rings is 1. The Morgan fingerprint density at radius 2 is 2.00 bits per heavy atom. The quantitative estimate of drug-likeness (QED) is 0.873. The maximum absolute atomic E-state index is 12.6. The largest absolute Gasteiger partial charge is 0.320 e. The van der Waals surface area contributed by atoms with E-state index in [1.165, 1.54) is 0 Å². The molecule has 4 nitrogen and oxygen atoms in total. The molecule has 0 aliphatic carbocycles. The molecule has 112 valence electrons. The minimum atomic E-state index is -3.21. The summed E-state index contributed by atoms with van der Waals surface area (Å²) in [6.07, 6.45) is 3.98. The Morgan fingerprint density at radius 1 is 1.25 bits per heavy atom. The van der Waals surface area contributed by atoms with Crippen LogP contribution in [0.25, 0.3) is 0 Å². The Hall–Kier alpha value is -0.910. The second-order valence-electron chi connectivity index (χ2n) is 5.39. The third-order valence-electron chi connectivity index (χ3n) is 3.85. The molecule has 1 aliphatic heterocycles. The molecular weight excluding hydrogens is 272 g/mol. The fourth-order valence-corrected chi connectivity index (χ4v) is 4.66. The number of hydrogen-bond donors (Lipinski definition) is 1. The maximum atomic E-state index is 12.6. The van der Waals surface area contributed by atoms with Crippen molar-refractivity contribution in [3.05, 3.63) is 35.9 Å². The molecule has 1 fully saturated rings. The second-order valence-corrected chi connectivity index (χ2v) is 7.32. The van der Waals surface area contributed by atoms with E-state index in [9.17, 15) is 8.42 Å².